The summed E-state index contributed by atoms with van der Waals surface area (Å²) in [6.07, 6.45) is 6.71. The lowest BCUT2D eigenvalue weighted by molar-refractivity contribution is 0.0814. The van der Waals surface area contributed by atoms with Crippen molar-refractivity contribution in [1.82, 2.24) is 5.32 Å². The highest BCUT2D eigenvalue weighted by atomic mass is 16.5. The van der Waals surface area contributed by atoms with Gasteiger partial charge in [-0.2, -0.15) is 0 Å². The van der Waals surface area contributed by atoms with Crippen LogP contribution in [0.1, 0.15) is 19.4 Å². The van der Waals surface area contributed by atoms with E-state index in [0.717, 1.165) is 11.3 Å². The molecule has 0 saturated heterocycles. The molecule has 1 aromatic rings. The Balaban J connectivity index is 1.93. The predicted molar refractivity (Wildman–Crippen MR) is 88.4 cm³/mol. The third-order valence-corrected chi connectivity index (χ3v) is 2.95. The fourth-order valence-corrected chi connectivity index (χ4v) is 2.02. The molecule has 5 heteroatoms. The van der Waals surface area contributed by atoms with Crippen LogP contribution in [0.5, 0.6) is 5.75 Å². The van der Waals surface area contributed by atoms with Crippen molar-refractivity contribution in [1.29, 1.82) is 0 Å². The summed E-state index contributed by atoms with van der Waals surface area (Å²) in [6, 6.07) is 7.84. The van der Waals surface area contributed by atoms with Crippen LogP contribution < -0.4 is 10.1 Å². The number of hydrogen-bond acceptors (Lipinski definition) is 5. The molecule has 0 aromatic heterocycles. The van der Waals surface area contributed by atoms with Crippen LogP contribution in [0.15, 0.2) is 48.4 Å². The van der Waals surface area contributed by atoms with E-state index in [1.54, 1.807) is 12.1 Å². The summed E-state index contributed by atoms with van der Waals surface area (Å²) in [6.45, 7) is 4.34. The summed E-state index contributed by atoms with van der Waals surface area (Å²) < 4.78 is 16.8. The number of carbonyl (C=O) groups excluding carboxylic acids is 1. The highest BCUT2D eigenvalue weighted by Gasteiger charge is 2.13. The first-order chi connectivity index (χ1) is 11.2. The van der Waals surface area contributed by atoms with Crippen molar-refractivity contribution in [3.8, 4) is 5.75 Å². The zero-order valence-electron chi connectivity index (χ0n) is 13.3. The molecular weight excluding hydrogens is 294 g/mol. The Bertz CT molecular complexity index is 615. The van der Waals surface area contributed by atoms with Gasteiger partial charge < -0.3 is 19.5 Å². The Hall–Kier alpha value is -2.49. The van der Waals surface area contributed by atoms with Gasteiger partial charge in [0.2, 0.25) is 0 Å². The molecule has 0 radical (unpaired) electrons. The lowest BCUT2D eigenvalue weighted by Gasteiger charge is -2.22. The first kappa shape index (κ1) is 16.9. The molecule has 1 atom stereocenters. The van der Waals surface area contributed by atoms with Gasteiger partial charge in [0.1, 0.15) is 24.1 Å². The van der Waals surface area contributed by atoms with Crippen LogP contribution in [0.25, 0.3) is 6.08 Å². The summed E-state index contributed by atoms with van der Waals surface area (Å²) in [5, 5.41) is 3.15. The maximum Gasteiger partial charge on any atom is 0.189 e. The Morgan fingerprint density at radius 3 is 3.04 bits per heavy atom. The lowest BCUT2D eigenvalue weighted by atomic mass is 10.1. The number of fused-ring (bicyclic) bond motifs is 1. The van der Waals surface area contributed by atoms with Gasteiger partial charge in [0.15, 0.2) is 6.23 Å². The third kappa shape index (κ3) is 5.66. The SMILES string of the molecule is CC(C)O/C(=C/NC1C=Cc2ccccc2O1)COCC=C=O. The van der Waals surface area contributed by atoms with Gasteiger partial charge in [-0.25, -0.2) is 4.79 Å². The van der Waals surface area contributed by atoms with Gasteiger partial charge in [0.25, 0.3) is 0 Å². The Morgan fingerprint density at radius 2 is 2.26 bits per heavy atom. The minimum absolute atomic E-state index is 0.0248. The molecule has 122 valence electrons. The molecule has 1 aliphatic heterocycles. The highest BCUT2D eigenvalue weighted by Crippen LogP contribution is 2.24. The first-order valence-electron chi connectivity index (χ1n) is 7.52. The summed E-state index contributed by atoms with van der Waals surface area (Å²) >= 11 is 0. The smallest absolute Gasteiger partial charge is 0.189 e. The monoisotopic (exact) mass is 315 g/mol. The molecule has 0 amide bonds. The maximum absolute atomic E-state index is 10.1. The maximum atomic E-state index is 10.1. The minimum atomic E-state index is -0.273. The fraction of sp³-hybridized carbons (Fsp3) is 0.333. The molecule has 1 aliphatic rings. The quantitative estimate of drug-likeness (QED) is 0.454. The van der Waals surface area contributed by atoms with Crippen LogP contribution in [0, 0.1) is 0 Å². The van der Waals surface area contributed by atoms with E-state index in [0.29, 0.717) is 5.76 Å². The van der Waals surface area contributed by atoms with E-state index in [1.807, 2.05) is 50.3 Å². The number of ether oxygens (including phenoxy) is 3. The van der Waals surface area contributed by atoms with Crippen LogP contribution in [-0.4, -0.2) is 31.5 Å². The van der Waals surface area contributed by atoms with E-state index in [2.05, 4.69) is 5.32 Å². The topological polar surface area (TPSA) is 56.8 Å². The van der Waals surface area contributed by atoms with Crippen molar-refractivity contribution in [2.24, 2.45) is 0 Å². The highest BCUT2D eigenvalue weighted by molar-refractivity contribution is 5.59. The molecule has 0 spiro atoms. The van der Waals surface area contributed by atoms with E-state index >= 15 is 0 Å². The van der Waals surface area contributed by atoms with Crippen LogP contribution in [0.3, 0.4) is 0 Å². The molecule has 23 heavy (non-hydrogen) atoms. The zero-order valence-corrected chi connectivity index (χ0v) is 13.3. The standard InChI is InChI=1S/C18H21NO4/c1-14(2)22-16(13-21-11-5-10-20)12-19-18-9-8-15-6-3-4-7-17(15)23-18/h3-9,12,14,18-19H,11,13H2,1-2H3/b16-12+. The molecule has 1 unspecified atom stereocenters. The fourth-order valence-electron chi connectivity index (χ4n) is 2.02. The molecule has 0 aliphatic carbocycles. The summed E-state index contributed by atoms with van der Waals surface area (Å²) in [7, 11) is 0. The van der Waals surface area contributed by atoms with Gasteiger partial charge >= 0.3 is 0 Å². The van der Waals surface area contributed by atoms with E-state index < -0.39 is 0 Å². The molecule has 1 N–H and O–H groups in total. The van der Waals surface area contributed by atoms with Crippen molar-refractivity contribution in [2.75, 3.05) is 13.2 Å². The Labute approximate surface area is 136 Å². The van der Waals surface area contributed by atoms with Crippen molar-refractivity contribution < 1.29 is 19.0 Å². The van der Waals surface area contributed by atoms with Crippen molar-refractivity contribution >= 4 is 12.0 Å². The number of hydrogen-bond donors (Lipinski definition) is 1. The number of benzene rings is 1. The molecule has 1 aromatic carbocycles. The largest absolute Gasteiger partial charge is 0.491 e. The van der Waals surface area contributed by atoms with Gasteiger partial charge in [-0.3, -0.25) is 0 Å². The summed E-state index contributed by atoms with van der Waals surface area (Å²) in [5.74, 6) is 3.14. The number of nitrogens with one attached hydrogen (secondary N) is 1. The third-order valence-electron chi connectivity index (χ3n) is 2.95. The van der Waals surface area contributed by atoms with E-state index in [-0.39, 0.29) is 25.5 Å². The first-order valence-corrected chi connectivity index (χ1v) is 7.52. The van der Waals surface area contributed by atoms with Gasteiger partial charge in [-0.05, 0) is 32.1 Å². The summed E-state index contributed by atoms with van der Waals surface area (Å²) in [5.41, 5.74) is 1.05. The second kappa shape index (κ2) is 8.83. The van der Waals surface area contributed by atoms with E-state index in [4.69, 9.17) is 14.2 Å². The zero-order chi connectivity index (χ0) is 16.5. The van der Waals surface area contributed by atoms with Crippen molar-refractivity contribution in [3.05, 3.63) is 53.9 Å². The van der Waals surface area contributed by atoms with E-state index in [9.17, 15) is 4.79 Å². The average Bonchev–Trinajstić information content (AvgIpc) is 2.55. The van der Waals surface area contributed by atoms with Crippen LogP contribution in [0.4, 0.5) is 0 Å². The molecule has 5 nitrogen and oxygen atoms in total. The second-order valence-electron chi connectivity index (χ2n) is 5.22. The van der Waals surface area contributed by atoms with Gasteiger partial charge in [-0.1, -0.05) is 18.2 Å². The molecule has 0 fully saturated rings. The van der Waals surface area contributed by atoms with Crippen LogP contribution >= 0.6 is 0 Å². The molecule has 1 heterocycles. The average molecular weight is 315 g/mol. The van der Waals surface area contributed by atoms with Crippen molar-refractivity contribution in [2.45, 2.75) is 26.2 Å². The molecule has 2 rings (SSSR count). The Morgan fingerprint density at radius 1 is 1.43 bits per heavy atom. The van der Waals surface area contributed by atoms with Crippen LogP contribution in [0.2, 0.25) is 0 Å². The number of para-hydroxylation sites is 1. The molecule has 0 bridgehead atoms. The number of rotatable bonds is 8. The van der Waals surface area contributed by atoms with Gasteiger partial charge in [0, 0.05) is 17.8 Å². The normalized spacial score (nSPS) is 16.3. The minimum Gasteiger partial charge on any atom is -0.491 e. The summed E-state index contributed by atoms with van der Waals surface area (Å²) in [4.78, 5) is 10.1. The van der Waals surface area contributed by atoms with Gasteiger partial charge in [-0.15, -0.1) is 0 Å². The molecular formula is C18H21NO4. The predicted octanol–water partition coefficient (Wildman–Crippen LogP) is 2.68. The second-order valence-corrected chi connectivity index (χ2v) is 5.22. The van der Waals surface area contributed by atoms with Crippen molar-refractivity contribution in [3.63, 3.8) is 0 Å². The van der Waals surface area contributed by atoms with E-state index in [1.165, 1.54) is 6.08 Å². The lowest BCUT2D eigenvalue weighted by Crippen LogP contribution is -2.31. The molecule has 0 saturated carbocycles. The van der Waals surface area contributed by atoms with Gasteiger partial charge in [0.05, 0.1) is 12.7 Å². The Kier molecular flexibility index (Phi) is 6.48. The van der Waals surface area contributed by atoms with Crippen LogP contribution in [-0.2, 0) is 14.3 Å².